The molecule has 7 heteroatoms. The number of nitrogens with zero attached hydrogens (tertiary/aromatic N) is 1. The van der Waals surface area contributed by atoms with Crippen molar-refractivity contribution in [1.29, 1.82) is 0 Å². The first-order valence-electron chi connectivity index (χ1n) is 7.64. The van der Waals surface area contributed by atoms with Crippen LogP contribution in [0.5, 0.6) is 0 Å². The Balaban J connectivity index is 0.000000960. The van der Waals surface area contributed by atoms with Gasteiger partial charge in [0.2, 0.25) is 5.91 Å². The Morgan fingerprint density at radius 3 is 2.78 bits per heavy atom. The van der Waals surface area contributed by atoms with E-state index in [0.717, 1.165) is 54.9 Å². The van der Waals surface area contributed by atoms with Gasteiger partial charge in [0.25, 0.3) is 0 Å². The SMILES string of the molecule is Cc1nc2ccc(NC(=O)C3CC34CCNCC4)cc2[nH]1.Cl.Cl. The van der Waals surface area contributed by atoms with Gasteiger partial charge >= 0.3 is 0 Å². The second-order valence-corrected chi connectivity index (χ2v) is 6.41. The highest BCUT2D eigenvalue weighted by Gasteiger charge is 2.57. The number of hydrogen-bond donors (Lipinski definition) is 3. The third kappa shape index (κ3) is 3.32. The normalized spacial score (nSPS) is 21.3. The van der Waals surface area contributed by atoms with Crippen molar-refractivity contribution < 1.29 is 4.79 Å². The van der Waals surface area contributed by atoms with E-state index < -0.39 is 0 Å². The molecular weight excluding hydrogens is 335 g/mol. The van der Waals surface area contributed by atoms with Gasteiger partial charge < -0.3 is 15.6 Å². The predicted octanol–water partition coefficient (Wildman–Crippen LogP) is 3.04. The van der Waals surface area contributed by atoms with Crippen molar-refractivity contribution in [1.82, 2.24) is 15.3 Å². The van der Waals surface area contributed by atoms with E-state index in [1.165, 1.54) is 0 Å². The Morgan fingerprint density at radius 2 is 2.04 bits per heavy atom. The molecule has 2 heterocycles. The van der Waals surface area contributed by atoms with E-state index in [2.05, 4.69) is 20.6 Å². The maximum absolute atomic E-state index is 12.4. The lowest BCUT2D eigenvalue weighted by Crippen LogP contribution is -2.31. The highest BCUT2D eigenvalue weighted by molar-refractivity contribution is 5.96. The summed E-state index contributed by atoms with van der Waals surface area (Å²) in [4.78, 5) is 20.0. The van der Waals surface area contributed by atoms with Crippen LogP contribution in [0.25, 0.3) is 11.0 Å². The van der Waals surface area contributed by atoms with Gasteiger partial charge in [-0.2, -0.15) is 0 Å². The minimum absolute atomic E-state index is 0. The fraction of sp³-hybridized carbons (Fsp3) is 0.500. The van der Waals surface area contributed by atoms with Crippen LogP contribution in [-0.2, 0) is 4.79 Å². The number of nitrogens with one attached hydrogen (secondary N) is 3. The Kier molecular flexibility index (Phi) is 5.23. The number of amides is 1. The van der Waals surface area contributed by atoms with E-state index in [9.17, 15) is 4.79 Å². The molecule has 3 N–H and O–H groups in total. The number of H-pyrrole nitrogens is 1. The average Bonchev–Trinajstić information content (AvgIpc) is 3.02. The van der Waals surface area contributed by atoms with Crippen molar-refractivity contribution >= 4 is 47.4 Å². The van der Waals surface area contributed by atoms with E-state index in [0.29, 0.717) is 0 Å². The smallest absolute Gasteiger partial charge is 0.228 e. The van der Waals surface area contributed by atoms with Gasteiger partial charge in [-0.3, -0.25) is 4.79 Å². The van der Waals surface area contributed by atoms with Gasteiger partial charge in [0, 0.05) is 11.6 Å². The number of aromatic nitrogens is 2. The van der Waals surface area contributed by atoms with Crippen molar-refractivity contribution in [3.8, 4) is 0 Å². The zero-order valence-corrected chi connectivity index (χ0v) is 14.6. The lowest BCUT2D eigenvalue weighted by Gasteiger charge is -2.23. The van der Waals surface area contributed by atoms with Crippen LogP contribution in [-0.4, -0.2) is 29.0 Å². The number of halogens is 2. The number of fused-ring (bicyclic) bond motifs is 1. The zero-order valence-electron chi connectivity index (χ0n) is 13.0. The Hall–Kier alpha value is -1.30. The first-order chi connectivity index (χ1) is 10.2. The van der Waals surface area contributed by atoms with E-state index in [1.54, 1.807) is 0 Å². The molecule has 2 aromatic rings. The molecule has 5 nitrogen and oxygen atoms in total. The topological polar surface area (TPSA) is 69.8 Å². The third-order valence-electron chi connectivity index (χ3n) is 4.97. The molecular formula is C16H22Cl2N4O. The molecule has 1 amide bonds. The Morgan fingerprint density at radius 1 is 1.30 bits per heavy atom. The highest BCUT2D eigenvalue weighted by Crippen LogP contribution is 2.58. The van der Waals surface area contributed by atoms with Crippen LogP contribution in [0.2, 0.25) is 0 Å². The Bertz CT molecular complexity index is 709. The maximum atomic E-state index is 12.4. The summed E-state index contributed by atoms with van der Waals surface area (Å²) in [7, 11) is 0. The molecule has 0 bridgehead atoms. The quantitative estimate of drug-likeness (QED) is 0.774. The summed E-state index contributed by atoms with van der Waals surface area (Å²) in [6.07, 6.45) is 3.31. The number of piperidine rings is 1. The van der Waals surface area contributed by atoms with Crippen molar-refractivity contribution in [3.05, 3.63) is 24.0 Å². The van der Waals surface area contributed by atoms with E-state index in [-0.39, 0.29) is 42.1 Å². The lowest BCUT2D eigenvalue weighted by molar-refractivity contribution is -0.118. The number of imidazole rings is 1. The number of hydrogen-bond acceptors (Lipinski definition) is 3. The zero-order chi connectivity index (χ0) is 14.4. The Labute approximate surface area is 147 Å². The van der Waals surface area contributed by atoms with E-state index in [1.807, 2.05) is 25.1 Å². The van der Waals surface area contributed by atoms with Gasteiger partial charge in [-0.25, -0.2) is 4.98 Å². The van der Waals surface area contributed by atoms with Crippen molar-refractivity contribution in [2.75, 3.05) is 18.4 Å². The molecule has 1 saturated carbocycles. The molecule has 2 aliphatic rings. The van der Waals surface area contributed by atoms with Crippen molar-refractivity contribution in [2.45, 2.75) is 26.2 Å². The van der Waals surface area contributed by atoms with Crippen LogP contribution in [0, 0.1) is 18.3 Å². The summed E-state index contributed by atoms with van der Waals surface area (Å²) < 4.78 is 0. The molecule has 2 fully saturated rings. The molecule has 23 heavy (non-hydrogen) atoms. The van der Waals surface area contributed by atoms with E-state index in [4.69, 9.17) is 0 Å². The molecule has 1 unspecified atom stereocenters. The maximum Gasteiger partial charge on any atom is 0.228 e. The minimum atomic E-state index is 0. The summed E-state index contributed by atoms with van der Waals surface area (Å²) in [6.45, 7) is 4.02. The van der Waals surface area contributed by atoms with Crippen molar-refractivity contribution in [3.63, 3.8) is 0 Å². The van der Waals surface area contributed by atoms with Gasteiger partial charge in [-0.05, 0) is 62.9 Å². The monoisotopic (exact) mass is 356 g/mol. The standard InChI is InChI=1S/C16H20N4O.2ClH/c1-10-18-13-3-2-11(8-14(13)19-10)20-15(21)12-9-16(12)4-6-17-7-5-16;;/h2-3,8,12,17H,4-7,9H2,1H3,(H,18,19)(H,20,21);2*1H. The van der Waals surface area contributed by atoms with Crippen LogP contribution >= 0.6 is 24.8 Å². The molecule has 1 saturated heterocycles. The molecule has 0 radical (unpaired) electrons. The van der Waals surface area contributed by atoms with E-state index >= 15 is 0 Å². The number of aromatic amines is 1. The molecule has 1 aliphatic carbocycles. The largest absolute Gasteiger partial charge is 0.342 e. The summed E-state index contributed by atoms with van der Waals surface area (Å²) >= 11 is 0. The molecule has 1 aromatic carbocycles. The number of rotatable bonds is 2. The molecule has 1 atom stereocenters. The van der Waals surface area contributed by atoms with Gasteiger partial charge in [0.05, 0.1) is 11.0 Å². The summed E-state index contributed by atoms with van der Waals surface area (Å²) in [5.41, 5.74) is 3.04. The first-order valence-corrected chi connectivity index (χ1v) is 7.64. The molecule has 1 aliphatic heterocycles. The van der Waals surface area contributed by atoms with Crippen LogP contribution in [0.4, 0.5) is 5.69 Å². The van der Waals surface area contributed by atoms with Gasteiger partial charge in [0.1, 0.15) is 5.82 Å². The van der Waals surface area contributed by atoms with Crippen LogP contribution in [0.15, 0.2) is 18.2 Å². The fourth-order valence-corrected chi connectivity index (χ4v) is 3.64. The summed E-state index contributed by atoms with van der Waals surface area (Å²) in [5, 5.41) is 6.44. The molecule has 4 rings (SSSR count). The number of carbonyl (C=O) groups is 1. The van der Waals surface area contributed by atoms with Crippen LogP contribution in [0.3, 0.4) is 0 Å². The second-order valence-electron chi connectivity index (χ2n) is 6.41. The molecule has 1 spiro atoms. The number of benzene rings is 1. The lowest BCUT2D eigenvalue weighted by atomic mass is 9.92. The van der Waals surface area contributed by atoms with Gasteiger partial charge in [-0.15, -0.1) is 24.8 Å². The molecule has 1 aromatic heterocycles. The first kappa shape index (κ1) is 18.0. The van der Waals surface area contributed by atoms with Gasteiger partial charge in [-0.1, -0.05) is 0 Å². The molecule has 126 valence electrons. The van der Waals surface area contributed by atoms with Crippen LogP contribution in [0.1, 0.15) is 25.1 Å². The average molecular weight is 357 g/mol. The summed E-state index contributed by atoms with van der Waals surface area (Å²) in [6, 6.07) is 5.84. The third-order valence-corrected chi connectivity index (χ3v) is 4.97. The predicted molar refractivity (Wildman–Crippen MR) is 96.6 cm³/mol. The van der Waals surface area contributed by atoms with Gasteiger partial charge in [0.15, 0.2) is 0 Å². The minimum Gasteiger partial charge on any atom is -0.342 e. The number of aryl methyl sites for hydroxylation is 1. The summed E-state index contributed by atoms with van der Waals surface area (Å²) in [5.74, 6) is 1.26. The number of anilines is 1. The highest BCUT2D eigenvalue weighted by atomic mass is 35.5. The fourth-order valence-electron chi connectivity index (χ4n) is 3.64. The van der Waals surface area contributed by atoms with Crippen molar-refractivity contribution in [2.24, 2.45) is 11.3 Å². The second kappa shape index (κ2) is 6.67. The number of carbonyl (C=O) groups excluding carboxylic acids is 1. The van der Waals surface area contributed by atoms with Crippen LogP contribution < -0.4 is 10.6 Å².